The molecule has 0 aromatic carbocycles. The Balaban J connectivity index is 2.12. The highest BCUT2D eigenvalue weighted by atomic mass is 32.2. The number of aryl methyl sites for hydroxylation is 1. The molecule has 110 valence electrons. The minimum atomic E-state index is -0.898. The molecule has 1 fully saturated rings. The molecule has 1 saturated carbocycles. The molecule has 0 radical (unpaired) electrons. The van der Waals surface area contributed by atoms with E-state index in [0.29, 0.717) is 11.4 Å². The lowest BCUT2D eigenvalue weighted by Crippen LogP contribution is -2.30. The standard InChI is InChI=1S/C15H22N2O2S/c1-3-12-8-11(14(18)19)9-13(17-12)16-10-15(20-2)6-4-5-7-15/h8-9H,3-7,10H2,1-2H3,(H,16,17)(H,18,19). The van der Waals surface area contributed by atoms with Crippen LogP contribution in [0.5, 0.6) is 0 Å². The fraction of sp³-hybridized carbons (Fsp3) is 0.600. The van der Waals surface area contributed by atoms with Crippen molar-refractivity contribution in [2.45, 2.75) is 43.8 Å². The van der Waals surface area contributed by atoms with E-state index in [-0.39, 0.29) is 4.75 Å². The smallest absolute Gasteiger partial charge is 0.335 e. The highest BCUT2D eigenvalue weighted by molar-refractivity contribution is 8.00. The molecule has 1 heterocycles. The molecule has 0 saturated heterocycles. The third-order valence-electron chi connectivity index (χ3n) is 4.03. The van der Waals surface area contributed by atoms with Crippen LogP contribution < -0.4 is 5.32 Å². The van der Waals surface area contributed by atoms with Crippen molar-refractivity contribution in [2.24, 2.45) is 0 Å². The monoisotopic (exact) mass is 294 g/mol. The van der Waals surface area contributed by atoms with Gasteiger partial charge >= 0.3 is 5.97 Å². The molecule has 1 aliphatic carbocycles. The number of carboxylic acids is 1. The van der Waals surface area contributed by atoms with E-state index in [2.05, 4.69) is 16.6 Å². The van der Waals surface area contributed by atoms with Crippen molar-refractivity contribution < 1.29 is 9.90 Å². The van der Waals surface area contributed by atoms with Crippen LogP contribution in [0.3, 0.4) is 0 Å². The number of carbonyl (C=O) groups is 1. The van der Waals surface area contributed by atoms with Crippen LogP contribution in [0.2, 0.25) is 0 Å². The number of aromatic carboxylic acids is 1. The molecular weight excluding hydrogens is 272 g/mol. The van der Waals surface area contributed by atoms with Gasteiger partial charge in [0.25, 0.3) is 0 Å². The summed E-state index contributed by atoms with van der Waals surface area (Å²) < 4.78 is 0.285. The summed E-state index contributed by atoms with van der Waals surface area (Å²) in [6, 6.07) is 3.28. The van der Waals surface area contributed by atoms with Crippen molar-refractivity contribution in [3.05, 3.63) is 23.4 Å². The molecule has 1 aliphatic rings. The summed E-state index contributed by atoms with van der Waals surface area (Å²) in [7, 11) is 0. The van der Waals surface area contributed by atoms with E-state index in [1.165, 1.54) is 25.7 Å². The second kappa shape index (κ2) is 6.48. The largest absolute Gasteiger partial charge is 0.478 e. The van der Waals surface area contributed by atoms with Gasteiger partial charge in [0.15, 0.2) is 0 Å². The van der Waals surface area contributed by atoms with Gasteiger partial charge in [-0.2, -0.15) is 11.8 Å². The summed E-state index contributed by atoms with van der Waals surface area (Å²) in [5.41, 5.74) is 1.13. The summed E-state index contributed by atoms with van der Waals surface area (Å²) >= 11 is 1.91. The number of anilines is 1. The summed E-state index contributed by atoms with van der Waals surface area (Å²) in [6.07, 6.45) is 7.91. The third-order valence-corrected chi connectivity index (χ3v) is 5.45. The van der Waals surface area contributed by atoms with Gasteiger partial charge in [0.1, 0.15) is 5.82 Å². The van der Waals surface area contributed by atoms with Gasteiger partial charge in [-0.1, -0.05) is 19.8 Å². The Kier molecular flexibility index (Phi) is 4.91. The lowest BCUT2D eigenvalue weighted by molar-refractivity contribution is 0.0696. The fourth-order valence-corrected chi connectivity index (χ4v) is 3.62. The van der Waals surface area contributed by atoms with Crippen molar-refractivity contribution in [1.82, 2.24) is 4.98 Å². The molecule has 0 bridgehead atoms. The third kappa shape index (κ3) is 3.45. The molecule has 4 nitrogen and oxygen atoms in total. The predicted octanol–water partition coefficient (Wildman–Crippen LogP) is 3.43. The Morgan fingerprint density at radius 1 is 1.45 bits per heavy atom. The summed E-state index contributed by atoms with van der Waals surface area (Å²) in [5.74, 6) is -0.215. The molecule has 0 amide bonds. The number of hydrogen-bond donors (Lipinski definition) is 2. The Labute approximate surface area is 124 Å². The quantitative estimate of drug-likeness (QED) is 0.841. The van der Waals surface area contributed by atoms with Crippen molar-refractivity contribution in [3.63, 3.8) is 0 Å². The molecule has 0 atom stereocenters. The average molecular weight is 294 g/mol. The van der Waals surface area contributed by atoms with Crippen LogP contribution in [0.25, 0.3) is 0 Å². The molecule has 0 spiro atoms. The van der Waals surface area contributed by atoms with Crippen LogP contribution in [0.15, 0.2) is 12.1 Å². The van der Waals surface area contributed by atoms with Crippen molar-refractivity contribution in [1.29, 1.82) is 0 Å². The van der Waals surface area contributed by atoms with Crippen LogP contribution in [0.1, 0.15) is 48.7 Å². The van der Waals surface area contributed by atoms with Crippen molar-refractivity contribution >= 4 is 23.5 Å². The van der Waals surface area contributed by atoms with Crippen LogP contribution in [0.4, 0.5) is 5.82 Å². The number of aromatic nitrogens is 1. The predicted molar refractivity (Wildman–Crippen MR) is 83.8 cm³/mol. The number of pyridine rings is 1. The fourth-order valence-electron chi connectivity index (χ4n) is 2.71. The van der Waals surface area contributed by atoms with Gasteiger partial charge in [-0.25, -0.2) is 9.78 Å². The molecule has 0 aliphatic heterocycles. The number of nitrogens with one attached hydrogen (secondary N) is 1. The molecule has 2 N–H and O–H groups in total. The van der Waals surface area contributed by atoms with Gasteiger partial charge in [0, 0.05) is 17.0 Å². The molecule has 20 heavy (non-hydrogen) atoms. The number of thioether (sulfide) groups is 1. The van der Waals surface area contributed by atoms with Gasteiger partial charge in [-0.3, -0.25) is 0 Å². The second-order valence-electron chi connectivity index (χ2n) is 5.34. The van der Waals surface area contributed by atoms with E-state index in [0.717, 1.165) is 18.7 Å². The molecule has 0 unspecified atom stereocenters. The minimum Gasteiger partial charge on any atom is -0.478 e. The maximum absolute atomic E-state index is 11.1. The summed E-state index contributed by atoms with van der Waals surface area (Å²) in [5, 5.41) is 12.5. The first kappa shape index (κ1) is 15.2. The lowest BCUT2D eigenvalue weighted by atomic mass is 10.1. The number of nitrogens with zero attached hydrogens (tertiary/aromatic N) is 1. The van der Waals surface area contributed by atoms with Crippen LogP contribution in [-0.2, 0) is 6.42 Å². The highest BCUT2D eigenvalue weighted by Crippen LogP contribution is 2.40. The normalized spacial score (nSPS) is 17.1. The van der Waals surface area contributed by atoms with Gasteiger partial charge in [-0.15, -0.1) is 0 Å². The van der Waals surface area contributed by atoms with E-state index in [1.807, 2.05) is 18.7 Å². The van der Waals surface area contributed by atoms with E-state index >= 15 is 0 Å². The Hall–Kier alpha value is -1.23. The maximum atomic E-state index is 11.1. The van der Waals surface area contributed by atoms with Crippen LogP contribution in [0, 0.1) is 0 Å². The first-order valence-corrected chi connectivity index (χ1v) is 8.34. The van der Waals surface area contributed by atoms with E-state index in [9.17, 15) is 4.79 Å². The highest BCUT2D eigenvalue weighted by Gasteiger charge is 2.32. The zero-order valence-corrected chi connectivity index (χ0v) is 12.9. The molecular formula is C15H22N2O2S. The second-order valence-corrected chi connectivity index (χ2v) is 6.61. The number of rotatable bonds is 6. The molecule has 1 aromatic rings. The van der Waals surface area contributed by atoms with Gasteiger partial charge in [0.05, 0.1) is 5.56 Å². The summed E-state index contributed by atoms with van der Waals surface area (Å²) in [6.45, 7) is 2.84. The van der Waals surface area contributed by atoms with Gasteiger partial charge < -0.3 is 10.4 Å². The molecule has 1 aromatic heterocycles. The van der Waals surface area contributed by atoms with E-state index in [4.69, 9.17) is 5.11 Å². The number of hydrogen-bond acceptors (Lipinski definition) is 4. The van der Waals surface area contributed by atoms with Crippen molar-refractivity contribution in [2.75, 3.05) is 18.1 Å². The van der Waals surface area contributed by atoms with Gasteiger partial charge in [-0.05, 0) is 37.7 Å². The Morgan fingerprint density at radius 3 is 2.70 bits per heavy atom. The Morgan fingerprint density at radius 2 is 2.15 bits per heavy atom. The van der Waals surface area contributed by atoms with E-state index in [1.54, 1.807) is 12.1 Å². The SMILES string of the molecule is CCc1cc(C(=O)O)cc(NCC2(SC)CCCC2)n1. The van der Waals surface area contributed by atoms with Crippen molar-refractivity contribution in [3.8, 4) is 0 Å². The summed E-state index contributed by atoms with van der Waals surface area (Å²) in [4.78, 5) is 15.6. The first-order chi connectivity index (χ1) is 9.58. The zero-order valence-electron chi connectivity index (χ0n) is 12.1. The van der Waals surface area contributed by atoms with Crippen LogP contribution >= 0.6 is 11.8 Å². The average Bonchev–Trinajstić information content (AvgIpc) is 2.94. The minimum absolute atomic E-state index is 0.285. The first-order valence-electron chi connectivity index (χ1n) is 7.12. The molecule has 2 rings (SSSR count). The maximum Gasteiger partial charge on any atom is 0.335 e. The number of carboxylic acid groups (broad SMARTS) is 1. The van der Waals surface area contributed by atoms with Crippen LogP contribution in [-0.4, -0.2) is 33.6 Å². The van der Waals surface area contributed by atoms with Gasteiger partial charge in [0.2, 0.25) is 0 Å². The van der Waals surface area contributed by atoms with E-state index < -0.39 is 5.97 Å². The Bertz CT molecular complexity index is 485. The zero-order chi connectivity index (χ0) is 14.6. The topological polar surface area (TPSA) is 62.2 Å². The molecule has 5 heteroatoms. The lowest BCUT2D eigenvalue weighted by Gasteiger charge is -2.27.